The Morgan fingerprint density at radius 2 is 2.35 bits per heavy atom. The zero-order valence-corrected chi connectivity index (χ0v) is 9.30. The molecule has 0 saturated heterocycles. The summed E-state index contributed by atoms with van der Waals surface area (Å²) in [4.78, 5) is 15.7. The summed E-state index contributed by atoms with van der Waals surface area (Å²) in [5.41, 5.74) is 7.61. The number of nitrogen functional groups attached to an aromatic ring is 1. The van der Waals surface area contributed by atoms with Crippen molar-refractivity contribution in [1.29, 1.82) is 0 Å². The second-order valence-electron chi connectivity index (χ2n) is 3.60. The Labute approximate surface area is 97.8 Å². The molecule has 0 unspecified atom stereocenters. The fraction of sp³-hybridized carbons (Fsp3) is 0.182. The fourth-order valence-electron chi connectivity index (χ4n) is 1.41. The topological polar surface area (TPSA) is 94.0 Å². The summed E-state index contributed by atoms with van der Waals surface area (Å²) in [6.45, 7) is 2.08. The lowest BCUT2D eigenvalue weighted by molar-refractivity contribution is 0.0949. The van der Waals surface area contributed by atoms with Gasteiger partial charge in [0.05, 0.1) is 6.54 Å². The molecule has 1 aromatic heterocycles. The molecule has 2 rings (SSSR count). The highest BCUT2D eigenvalue weighted by Crippen LogP contribution is 2.12. The summed E-state index contributed by atoms with van der Waals surface area (Å²) in [6.07, 6.45) is 1.22. The molecule has 2 aromatic rings. The molecular weight excluding hydrogens is 220 g/mol. The SMILES string of the molecule is Cc1ccc(N)cc1C(=O)NCc1ncon1. The van der Waals surface area contributed by atoms with Gasteiger partial charge in [-0.1, -0.05) is 11.2 Å². The molecule has 1 heterocycles. The molecule has 0 spiro atoms. The van der Waals surface area contributed by atoms with Gasteiger partial charge in [-0.3, -0.25) is 4.79 Å². The van der Waals surface area contributed by atoms with Crippen molar-refractivity contribution in [2.24, 2.45) is 0 Å². The number of aromatic nitrogens is 2. The number of nitrogens with one attached hydrogen (secondary N) is 1. The van der Waals surface area contributed by atoms with Crippen LogP contribution in [0.4, 0.5) is 5.69 Å². The zero-order valence-electron chi connectivity index (χ0n) is 9.30. The first-order valence-corrected chi connectivity index (χ1v) is 5.06. The first-order valence-electron chi connectivity index (χ1n) is 5.06. The Morgan fingerprint density at radius 1 is 1.53 bits per heavy atom. The van der Waals surface area contributed by atoms with Crippen LogP contribution in [0.15, 0.2) is 29.1 Å². The number of hydrogen-bond acceptors (Lipinski definition) is 5. The summed E-state index contributed by atoms with van der Waals surface area (Å²) in [5.74, 6) is 0.222. The number of carbonyl (C=O) groups excluding carboxylic acids is 1. The minimum absolute atomic E-state index is 0.209. The Bertz CT molecular complexity index is 522. The molecule has 0 saturated carbocycles. The van der Waals surface area contributed by atoms with Crippen LogP contribution < -0.4 is 11.1 Å². The van der Waals surface area contributed by atoms with E-state index >= 15 is 0 Å². The minimum Gasteiger partial charge on any atom is -0.399 e. The molecule has 3 N–H and O–H groups in total. The van der Waals surface area contributed by atoms with Crippen LogP contribution in [-0.4, -0.2) is 16.0 Å². The number of carbonyl (C=O) groups is 1. The van der Waals surface area contributed by atoms with Crippen molar-refractivity contribution in [2.45, 2.75) is 13.5 Å². The van der Waals surface area contributed by atoms with Gasteiger partial charge in [0.1, 0.15) is 0 Å². The van der Waals surface area contributed by atoms with Crippen LogP contribution in [0, 0.1) is 6.92 Å². The molecule has 0 aliphatic heterocycles. The second-order valence-corrected chi connectivity index (χ2v) is 3.60. The van der Waals surface area contributed by atoms with Crippen LogP contribution in [0.2, 0.25) is 0 Å². The zero-order chi connectivity index (χ0) is 12.3. The van der Waals surface area contributed by atoms with Crippen molar-refractivity contribution in [3.8, 4) is 0 Å². The van der Waals surface area contributed by atoms with Crippen LogP contribution in [0.25, 0.3) is 0 Å². The van der Waals surface area contributed by atoms with Gasteiger partial charge >= 0.3 is 0 Å². The largest absolute Gasteiger partial charge is 0.399 e. The molecule has 0 aliphatic carbocycles. The third kappa shape index (κ3) is 2.60. The summed E-state index contributed by atoms with van der Waals surface area (Å²) in [5, 5.41) is 6.29. The van der Waals surface area contributed by atoms with Crippen molar-refractivity contribution < 1.29 is 9.32 Å². The van der Waals surface area contributed by atoms with Crippen molar-refractivity contribution in [3.05, 3.63) is 41.5 Å². The van der Waals surface area contributed by atoms with Gasteiger partial charge in [0.25, 0.3) is 5.91 Å². The van der Waals surface area contributed by atoms with E-state index in [1.54, 1.807) is 18.2 Å². The number of nitrogens with two attached hydrogens (primary N) is 1. The van der Waals surface area contributed by atoms with Gasteiger partial charge in [-0.2, -0.15) is 4.98 Å². The fourth-order valence-corrected chi connectivity index (χ4v) is 1.41. The monoisotopic (exact) mass is 232 g/mol. The summed E-state index contributed by atoms with van der Waals surface area (Å²) in [7, 11) is 0. The maximum atomic E-state index is 11.9. The standard InChI is InChI=1S/C11H12N4O2/c1-7-2-3-8(12)4-9(7)11(16)13-5-10-14-6-17-15-10/h2-4,6H,5,12H2,1H3,(H,13,16). The van der Waals surface area contributed by atoms with Crippen LogP contribution in [0.1, 0.15) is 21.7 Å². The molecule has 1 aromatic carbocycles. The lowest BCUT2D eigenvalue weighted by atomic mass is 10.1. The number of benzene rings is 1. The number of hydrogen-bond donors (Lipinski definition) is 2. The van der Waals surface area contributed by atoms with Crippen LogP contribution >= 0.6 is 0 Å². The number of anilines is 1. The van der Waals surface area contributed by atoms with Crippen molar-refractivity contribution in [2.75, 3.05) is 5.73 Å². The molecule has 6 heteroatoms. The van der Waals surface area contributed by atoms with Gasteiger partial charge in [-0.25, -0.2) is 0 Å². The average Bonchev–Trinajstić information content (AvgIpc) is 2.82. The molecule has 17 heavy (non-hydrogen) atoms. The highest BCUT2D eigenvalue weighted by Gasteiger charge is 2.09. The first-order chi connectivity index (χ1) is 8.16. The Hall–Kier alpha value is -2.37. The third-order valence-corrected chi connectivity index (χ3v) is 2.32. The van der Waals surface area contributed by atoms with E-state index in [2.05, 4.69) is 20.0 Å². The lowest BCUT2D eigenvalue weighted by Crippen LogP contribution is -2.24. The Balaban J connectivity index is 2.07. The molecular formula is C11H12N4O2. The van der Waals surface area contributed by atoms with E-state index in [-0.39, 0.29) is 12.5 Å². The second kappa shape index (κ2) is 4.65. The van der Waals surface area contributed by atoms with Crippen molar-refractivity contribution in [1.82, 2.24) is 15.5 Å². The minimum atomic E-state index is -0.209. The molecule has 0 aliphatic rings. The predicted octanol–water partition coefficient (Wildman–Crippen LogP) is 0.890. The molecule has 88 valence electrons. The van der Waals surface area contributed by atoms with E-state index in [1.807, 2.05) is 6.92 Å². The highest BCUT2D eigenvalue weighted by molar-refractivity contribution is 5.96. The van der Waals surface area contributed by atoms with Crippen LogP contribution in [0.5, 0.6) is 0 Å². The van der Waals surface area contributed by atoms with Gasteiger partial charge in [-0.15, -0.1) is 0 Å². The molecule has 6 nitrogen and oxygen atoms in total. The summed E-state index contributed by atoms with van der Waals surface area (Å²) >= 11 is 0. The van der Waals surface area contributed by atoms with Crippen LogP contribution in [0.3, 0.4) is 0 Å². The number of rotatable bonds is 3. The first kappa shape index (κ1) is 11.1. The van der Waals surface area contributed by atoms with E-state index in [1.165, 1.54) is 6.39 Å². The van der Waals surface area contributed by atoms with Gasteiger partial charge in [-0.05, 0) is 24.6 Å². The summed E-state index contributed by atoms with van der Waals surface area (Å²) in [6, 6.07) is 5.20. The number of amides is 1. The number of nitrogens with zero attached hydrogens (tertiary/aromatic N) is 2. The van der Waals surface area contributed by atoms with Crippen LogP contribution in [-0.2, 0) is 6.54 Å². The van der Waals surface area contributed by atoms with E-state index in [9.17, 15) is 4.79 Å². The lowest BCUT2D eigenvalue weighted by Gasteiger charge is -2.06. The summed E-state index contributed by atoms with van der Waals surface area (Å²) < 4.78 is 4.56. The third-order valence-electron chi connectivity index (χ3n) is 2.32. The Morgan fingerprint density at radius 3 is 3.06 bits per heavy atom. The van der Waals surface area contributed by atoms with Gasteiger partial charge in [0.2, 0.25) is 6.39 Å². The molecule has 1 amide bonds. The van der Waals surface area contributed by atoms with E-state index < -0.39 is 0 Å². The Kier molecular flexibility index (Phi) is 3.04. The highest BCUT2D eigenvalue weighted by atomic mass is 16.5. The molecule has 0 fully saturated rings. The average molecular weight is 232 g/mol. The quantitative estimate of drug-likeness (QED) is 0.766. The van der Waals surface area contributed by atoms with Gasteiger partial charge < -0.3 is 15.6 Å². The van der Waals surface area contributed by atoms with E-state index in [0.717, 1.165) is 5.56 Å². The van der Waals surface area contributed by atoms with Crippen molar-refractivity contribution in [3.63, 3.8) is 0 Å². The number of aryl methyl sites for hydroxylation is 1. The smallest absolute Gasteiger partial charge is 0.252 e. The van der Waals surface area contributed by atoms with E-state index in [4.69, 9.17) is 5.73 Å². The predicted molar refractivity (Wildman–Crippen MR) is 61.1 cm³/mol. The van der Waals surface area contributed by atoms with Crippen molar-refractivity contribution >= 4 is 11.6 Å². The van der Waals surface area contributed by atoms with Gasteiger partial charge in [0, 0.05) is 11.3 Å². The molecule has 0 bridgehead atoms. The maximum absolute atomic E-state index is 11.9. The maximum Gasteiger partial charge on any atom is 0.252 e. The van der Waals surface area contributed by atoms with E-state index in [0.29, 0.717) is 17.1 Å². The molecule has 0 atom stereocenters. The van der Waals surface area contributed by atoms with Gasteiger partial charge in [0.15, 0.2) is 5.82 Å². The normalized spacial score (nSPS) is 10.2. The molecule has 0 radical (unpaired) electrons.